The second-order valence-electron chi connectivity index (χ2n) is 7.96. The second-order valence-corrected chi connectivity index (χ2v) is 10.2. The summed E-state index contributed by atoms with van der Waals surface area (Å²) in [7, 11) is -3.17. The molecule has 0 radical (unpaired) electrons. The number of carbonyl (C=O) groups is 1. The van der Waals surface area contributed by atoms with Crippen molar-refractivity contribution in [2.24, 2.45) is 0 Å². The normalized spacial score (nSPS) is 22.4. The maximum Gasteiger partial charge on any atom is 0.273 e. The molecule has 0 saturated carbocycles. The van der Waals surface area contributed by atoms with Gasteiger partial charge in [0.25, 0.3) is 5.91 Å². The van der Waals surface area contributed by atoms with Crippen LogP contribution < -0.4 is 0 Å². The quantitative estimate of drug-likeness (QED) is 0.674. The highest BCUT2D eigenvalue weighted by Gasteiger charge is 2.48. The summed E-state index contributed by atoms with van der Waals surface area (Å²) < 4.78 is 24.3. The standard InChI is InChI=1S/C22H21N3O4S/c1-13-6-8-14(9-7-13)21-18-19(16-4-2-3-5-17(16)26)23-24-20(18)22(27)25(21)15-10-11-30(28,29)12-15/h2-9,15,21,26H,10-12H2,1H3,(H,23,24)/t15-,21+/m1/s1. The van der Waals surface area contributed by atoms with Crippen molar-refractivity contribution >= 4 is 15.7 Å². The van der Waals surface area contributed by atoms with Gasteiger partial charge in [0.2, 0.25) is 0 Å². The minimum Gasteiger partial charge on any atom is -0.507 e. The molecule has 0 unspecified atom stereocenters. The SMILES string of the molecule is Cc1ccc([C@H]2c3c(-c4ccccc4O)n[nH]c3C(=O)N2[C@@H]2CCS(=O)(=O)C2)cc1. The third-order valence-corrected chi connectivity index (χ3v) is 7.71. The molecule has 30 heavy (non-hydrogen) atoms. The van der Waals surface area contributed by atoms with Crippen molar-refractivity contribution in [3.63, 3.8) is 0 Å². The summed E-state index contributed by atoms with van der Waals surface area (Å²) in [5.74, 6) is -0.138. The molecule has 154 valence electrons. The van der Waals surface area contributed by atoms with Gasteiger partial charge in [0.05, 0.1) is 17.5 Å². The third-order valence-electron chi connectivity index (χ3n) is 5.96. The molecule has 2 atom stereocenters. The van der Waals surface area contributed by atoms with Gasteiger partial charge >= 0.3 is 0 Å². The van der Waals surface area contributed by atoms with Gasteiger partial charge < -0.3 is 10.0 Å². The number of aromatic amines is 1. The van der Waals surface area contributed by atoms with Gasteiger partial charge in [-0.2, -0.15) is 5.10 Å². The summed E-state index contributed by atoms with van der Waals surface area (Å²) in [6.07, 6.45) is 0.417. The van der Waals surface area contributed by atoms with E-state index in [1.807, 2.05) is 31.2 Å². The zero-order valence-electron chi connectivity index (χ0n) is 16.4. The first-order valence-electron chi connectivity index (χ1n) is 9.82. The van der Waals surface area contributed by atoms with Gasteiger partial charge in [-0.3, -0.25) is 9.89 Å². The second kappa shape index (κ2) is 6.70. The number of H-pyrrole nitrogens is 1. The number of hydrogen-bond donors (Lipinski definition) is 2. The lowest BCUT2D eigenvalue weighted by molar-refractivity contribution is 0.0678. The summed E-state index contributed by atoms with van der Waals surface area (Å²) in [6.45, 7) is 1.99. The zero-order chi connectivity index (χ0) is 21.0. The lowest BCUT2D eigenvalue weighted by Gasteiger charge is -2.31. The molecule has 1 saturated heterocycles. The van der Waals surface area contributed by atoms with E-state index in [2.05, 4.69) is 10.2 Å². The minimum absolute atomic E-state index is 0.0370. The van der Waals surface area contributed by atoms with Crippen LogP contribution in [0, 0.1) is 6.92 Å². The van der Waals surface area contributed by atoms with Gasteiger partial charge in [-0.05, 0) is 31.0 Å². The van der Waals surface area contributed by atoms with Crippen molar-refractivity contribution in [1.82, 2.24) is 15.1 Å². The van der Waals surface area contributed by atoms with Crippen LogP contribution in [0.5, 0.6) is 5.75 Å². The molecule has 1 fully saturated rings. The number of para-hydroxylation sites is 1. The van der Waals surface area contributed by atoms with E-state index in [-0.39, 0.29) is 23.2 Å². The topological polar surface area (TPSA) is 103 Å². The Morgan fingerprint density at radius 1 is 1.13 bits per heavy atom. The number of benzene rings is 2. The van der Waals surface area contributed by atoms with Gasteiger partial charge in [0.15, 0.2) is 9.84 Å². The van der Waals surface area contributed by atoms with E-state index in [0.29, 0.717) is 28.9 Å². The number of phenolic OH excluding ortho intramolecular Hbond substituents is 1. The van der Waals surface area contributed by atoms with Crippen molar-refractivity contribution < 1.29 is 18.3 Å². The maximum atomic E-state index is 13.4. The summed E-state index contributed by atoms with van der Waals surface area (Å²) in [4.78, 5) is 15.1. The van der Waals surface area contributed by atoms with E-state index in [1.54, 1.807) is 29.2 Å². The molecule has 0 bridgehead atoms. The number of sulfone groups is 1. The molecule has 2 aliphatic rings. The van der Waals surface area contributed by atoms with Crippen LogP contribution in [0.3, 0.4) is 0 Å². The van der Waals surface area contributed by atoms with E-state index in [1.165, 1.54) is 0 Å². The predicted molar refractivity (Wildman–Crippen MR) is 112 cm³/mol. The number of hydrogen-bond acceptors (Lipinski definition) is 5. The highest BCUT2D eigenvalue weighted by atomic mass is 32.2. The molecule has 1 aromatic heterocycles. The summed E-state index contributed by atoms with van der Waals surface area (Å²) in [5.41, 5.74) is 4.03. The Balaban J connectivity index is 1.69. The molecule has 0 aliphatic carbocycles. The van der Waals surface area contributed by atoms with Gasteiger partial charge in [0.1, 0.15) is 17.1 Å². The molecule has 1 amide bonds. The monoisotopic (exact) mass is 423 g/mol. The number of rotatable bonds is 3. The summed E-state index contributed by atoms with van der Waals surface area (Å²) in [6, 6.07) is 13.9. The number of nitrogens with one attached hydrogen (secondary N) is 1. The number of fused-ring (bicyclic) bond motifs is 1. The van der Waals surface area contributed by atoms with E-state index in [9.17, 15) is 18.3 Å². The number of aryl methyl sites for hydroxylation is 1. The van der Waals surface area contributed by atoms with Crippen LogP contribution in [0.15, 0.2) is 48.5 Å². The molecule has 2 N–H and O–H groups in total. The van der Waals surface area contributed by atoms with Crippen LogP contribution in [-0.2, 0) is 9.84 Å². The van der Waals surface area contributed by atoms with Crippen molar-refractivity contribution in [2.75, 3.05) is 11.5 Å². The zero-order valence-corrected chi connectivity index (χ0v) is 17.2. The minimum atomic E-state index is -3.17. The number of aromatic hydroxyl groups is 1. The van der Waals surface area contributed by atoms with E-state index >= 15 is 0 Å². The van der Waals surface area contributed by atoms with Crippen LogP contribution in [-0.4, -0.2) is 52.1 Å². The largest absolute Gasteiger partial charge is 0.507 e. The fourth-order valence-electron chi connectivity index (χ4n) is 4.49. The van der Waals surface area contributed by atoms with Crippen LogP contribution in [0.4, 0.5) is 0 Å². The Labute approximate surface area is 174 Å². The molecule has 7 nitrogen and oxygen atoms in total. The van der Waals surface area contributed by atoms with Gasteiger partial charge in [0, 0.05) is 17.2 Å². The first-order valence-corrected chi connectivity index (χ1v) is 11.6. The van der Waals surface area contributed by atoms with E-state index < -0.39 is 21.9 Å². The molecule has 0 spiro atoms. The number of nitrogens with zero attached hydrogens (tertiary/aromatic N) is 2. The lowest BCUT2D eigenvalue weighted by Crippen LogP contribution is -2.40. The van der Waals surface area contributed by atoms with E-state index in [4.69, 9.17) is 0 Å². The van der Waals surface area contributed by atoms with Gasteiger partial charge in [-0.25, -0.2) is 8.42 Å². The molecule has 3 heterocycles. The average molecular weight is 423 g/mol. The number of carbonyl (C=O) groups excluding carboxylic acids is 1. The number of phenols is 1. The summed E-state index contributed by atoms with van der Waals surface area (Å²) >= 11 is 0. The Hall–Kier alpha value is -3.13. The fraction of sp³-hybridized carbons (Fsp3) is 0.273. The Morgan fingerprint density at radius 3 is 2.53 bits per heavy atom. The first-order chi connectivity index (χ1) is 14.4. The van der Waals surface area contributed by atoms with Crippen LogP contribution >= 0.6 is 0 Å². The predicted octanol–water partition coefficient (Wildman–Crippen LogP) is 2.82. The van der Waals surface area contributed by atoms with Crippen LogP contribution in [0.1, 0.15) is 39.6 Å². The van der Waals surface area contributed by atoms with Gasteiger partial charge in [-0.15, -0.1) is 0 Å². The Bertz CT molecular complexity index is 1250. The molecular formula is C22H21N3O4S. The molecule has 5 rings (SSSR count). The smallest absolute Gasteiger partial charge is 0.273 e. The number of aromatic nitrogens is 2. The first kappa shape index (κ1) is 18.9. The third kappa shape index (κ3) is 2.90. The maximum absolute atomic E-state index is 13.4. The lowest BCUT2D eigenvalue weighted by atomic mass is 9.94. The highest BCUT2D eigenvalue weighted by Crippen LogP contribution is 2.46. The van der Waals surface area contributed by atoms with Crippen LogP contribution in [0.2, 0.25) is 0 Å². The van der Waals surface area contributed by atoms with E-state index in [0.717, 1.165) is 11.1 Å². The molecule has 8 heteroatoms. The van der Waals surface area contributed by atoms with Crippen molar-refractivity contribution in [2.45, 2.75) is 25.4 Å². The van der Waals surface area contributed by atoms with Crippen LogP contribution in [0.25, 0.3) is 11.3 Å². The Morgan fingerprint density at radius 2 is 1.87 bits per heavy atom. The fourth-order valence-corrected chi connectivity index (χ4v) is 6.20. The van der Waals surface area contributed by atoms with Gasteiger partial charge in [-0.1, -0.05) is 42.0 Å². The molecule has 2 aromatic carbocycles. The Kier molecular flexibility index (Phi) is 4.21. The van der Waals surface area contributed by atoms with Crippen molar-refractivity contribution in [3.05, 3.63) is 70.9 Å². The highest BCUT2D eigenvalue weighted by molar-refractivity contribution is 7.91. The molecule has 2 aliphatic heterocycles. The number of amides is 1. The average Bonchev–Trinajstić information content (AvgIpc) is 3.37. The molecule has 3 aromatic rings. The van der Waals surface area contributed by atoms with Crippen molar-refractivity contribution in [1.29, 1.82) is 0 Å². The summed E-state index contributed by atoms with van der Waals surface area (Å²) in [5, 5.41) is 17.6. The molecular weight excluding hydrogens is 402 g/mol. The van der Waals surface area contributed by atoms with Crippen molar-refractivity contribution in [3.8, 4) is 17.0 Å².